The molecule has 2 aliphatic heterocycles. The van der Waals surface area contributed by atoms with Crippen molar-refractivity contribution < 1.29 is 8.78 Å². The molecule has 6 heteroatoms. The van der Waals surface area contributed by atoms with Crippen LogP contribution >= 0.6 is 0 Å². The summed E-state index contributed by atoms with van der Waals surface area (Å²) in [5.74, 6) is 6.10. The Kier molecular flexibility index (Phi) is 17.1. The molecule has 1 saturated heterocycles. The molecule has 0 bridgehead atoms. The van der Waals surface area contributed by atoms with E-state index in [1.807, 2.05) is 46.8 Å². The number of allylic oxidation sites excluding steroid dienone is 4. The zero-order valence-corrected chi connectivity index (χ0v) is 27.1. The van der Waals surface area contributed by atoms with Crippen LogP contribution in [0.4, 0.5) is 8.78 Å². The first-order valence-corrected chi connectivity index (χ1v) is 15.2. The average molecular weight is 577 g/mol. The molecule has 2 heterocycles. The van der Waals surface area contributed by atoms with Crippen molar-refractivity contribution in [1.29, 1.82) is 5.26 Å². The van der Waals surface area contributed by atoms with Gasteiger partial charge in [0.2, 0.25) is 0 Å². The Morgan fingerprint density at radius 2 is 1.81 bits per heavy atom. The van der Waals surface area contributed by atoms with Gasteiger partial charge in [0.25, 0.3) is 0 Å². The Bertz CT molecular complexity index is 1230. The molecule has 1 aromatic carbocycles. The second-order valence-corrected chi connectivity index (χ2v) is 10.5. The van der Waals surface area contributed by atoms with E-state index in [0.717, 1.165) is 55.5 Å². The van der Waals surface area contributed by atoms with E-state index in [1.165, 1.54) is 12.5 Å². The Hall–Kier alpha value is -3.48. The highest BCUT2D eigenvalue weighted by Crippen LogP contribution is 2.29. The number of piperidine rings is 1. The number of rotatable bonds is 7. The van der Waals surface area contributed by atoms with Gasteiger partial charge in [-0.05, 0) is 89.7 Å². The number of nitriles is 1. The molecule has 0 saturated carbocycles. The van der Waals surface area contributed by atoms with Gasteiger partial charge in [-0.3, -0.25) is 0 Å². The summed E-state index contributed by atoms with van der Waals surface area (Å²) < 4.78 is 27.8. The normalized spacial score (nSPS) is 15.5. The van der Waals surface area contributed by atoms with Gasteiger partial charge < -0.3 is 4.90 Å². The van der Waals surface area contributed by atoms with E-state index >= 15 is 4.39 Å². The van der Waals surface area contributed by atoms with Crippen molar-refractivity contribution in [2.75, 3.05) is 26.3 Å². The summed E-state index contributed by atoms with van der Waals surface area (Å²) in [6, 6.07) is 5.54. The molecule has 228 valence electrons. The number of hydrogen-bond acceptors (Lipinski definition) is 4. The van der Waals surface area contributed by atoms with Crippen LogP contribution in [-0.4, -0.2) is 41.9 Å². The molecule has 4 nitrogen and oxygen atoms in total. The minimum atomic E-state index is -0.313. The van der Waals surface area contributed by atoms with Crippen molar-refractivity contribution in [1.82, 2.24) is 9.91 Å². The molecule has 2 aliphatic rings. The summed E-state index contributed by atoms with van der Waals surface area (Å²) in [6.45, 7) is 21.9. The summed E-state index contributed by atoms with van der Waals surface area (Å²) in [5, 5.41) is 15.7. The summed E-state index contributed by atoms with van der Waals surface area (Å²) in [7, 11) is 0. The minimum Gasteiger partial charge on any atom is -0.301 e. The number of hydrazone groups is 1. The molecule has 0 radical (unpaired) electrons. The van der Waals surface area contributed by atoms with Crippen LogP contribution < -0.4 is 0 Å². The van der Waals surface area contributed by atoms with Crippen LogP contribution in [-0.2, 0) is 0 Å². The predicted molar refractivity (Wildman–Crippen MR) is 175 cm³/mol. The van der Waals surface area contributed by atoms with Gasteiger partial charge in [0, 0.05) is 36.7 Å². The molecule has 3 rings (SSSR count). The highest BCUT2D eigenvalue weighted by Gasteiger charge is 2.22. The molecule has 1 fully saturated rings. The second-order valence-electron chi connectivity index (χ2n) is 10.5. The summed E-state index contributed by atoms with van der Waals surface area (Å²) in [5.41, 5.74) is 5.57. The lowest BCUT2D eigenvalue weighted by Crippen LogP contribution is -2.35. The maximum Gasteiger partial charge on any atom is 0.131 e. The standard InChI is InChI=1S/C27H32F2N4.C7H12.C2H6/c1-18(2)17-33-21(5)24(16-30)15-27(31-33)23-12-20(4)25(26(29)14-23)13-19(3)22-6-9-32(10-7-22)11-8-28;1-3-5-7-6-4-2;1-2/h12-15,17,22H,5-11H2,1-4H3;3-5H2,1-2H3;1-2H3/b19-13+;;. The highest BCUT2D eigenvalue weighted by molar-refractivity contribution is 6.10. The summed E-state index contributed by atoms with van der Waals surface area (Å²) in [4.78, 5) is 2.14. The molecule has 0 N–H and O–H groups in total. The van der Waals surface area contributed by atoms with Crippen LogP contribution in [0.2, 0.25) is 0 Å². The van der Waals surface area contributed by atoms with Crippen molar-refractivity contribution in [3.8, 4) is 17.9 Å². The average Bonchev–Trinajstić information content (AvgIpc) is 2.98. The molecule has 42 heavy (non-hydrogen) atoms. The number of unbranched alkanes of at least 4 members (excludes halogenated alkanes) is 1. The molecular formula is C36H50F2N4. The minimum absolute atomic E-state index is 0.313. The van der Waals surface area contributed by atoms with E-state index in [-0.39, 0.29) is 12.5 Å². The Morgan fingerprint density at radius 1 is 1.14 bits per heavy atom. The van der Waals surface area contributed by atoms with E-state index < -0.39 is 0 Å². The molecule has 0 atom stereocenters. The third-order valence-electron chi connectivity index (χ3n) is 6.90. The molecular weight excluding hydrogens is 526 g/mol. The summed E-state index contributed by atoms with van der Waals surface area (Å²) in [6.07, 6.45) is 10.6. The van der Waals surface area contributed by atoms with Crippen LogP contribution in [0.1, 0.15) is 97.3 Å². The van der Waals surface area contributed by atoms with Crippen molar-refractivity contribution >= 4 is 11.8 Å². The topological polar surface area (TPSA) is 42.6 Å². The monoisotopic (exact) mass is 576 g/mol. The van der Waals surface area contributed by atoms with Crippen LogP contribution in [0.5, 0.6) is 0 Å². The number of benzene rings is 1. The number of hydrogen-bond donors (Lipinski definition) is 0. The Balaban J connectivity index is 0.000000858. The summed E-state index contributed by atoms with van der Waals surface area (Å²) >= 11 is 0. The third-order valence-corrected chi connectivity index (χ3v) is 6.90. The van der Waals surface area contributed by atoms with Gasteiger partial charge in [-0.15, -0.1) is 11.8 Å². The fraction of sp³-hybridized carbons (Fsp3) is 0.500. The lowest BCUT2D eigenvalue weighted by Gasteiger charge is -2.31. The molecule has 0 amide bonds. The van der Waals surface area contributed by atoms with E-state index in [0.29, 0.717) is 40.6 Å². The van der Waals surface area contributed by atoms with Gasteiger partial charge in [0.15, 0.2) is 0 Å². The maximum absolute atomic E-state index is 15.2. The van der Waals surface area contributed by atoms with Gasteiger partial charge in [-0.1, -0.05) is 51.5 Å². The van der Waals surface area contributed by atoms with Crippen LogP contribution in [0, 0.1) is 41.8 Å². The zero-order chi connectivity index (χ0) is 31.7. The van der Waals surface area contributed by atoms with Gasteiger partial charge in [0.1, 0.15) is 18.6 Å². The largest absolute Gasteiger partial charge is 0.301 e. The van der Waals surface area contributed by atoms with Gasteiger partial charge >= 0.3 is 0 Å². The molecule has 0 aliphatic carbocycles. The van der Waals surface area contributed by atoms with Gasteiger partial charge in [-0.25, -0.2) is 13.8 Å². The van der Waals surface area contributed by atoms with E-state index in [9.17, 15) is 9.65 Å². The van der Waals surface area contributed by atoms with Crippen molar-refractivity contribution in [2.24, 2.45) is 11.0 Å². The van der Waals surface area contributed by atoms with E-state index in [4.69, 9.17) is 0 Å². The fourth-order valence-corrected chi connectivity index (χ4v) is 4.64. The number of halogens is 2. The van der Waals surface area contributed by atoms with Crippen LogP contribution in [0.25, 0.3) is 6.08 Å². The van der Waals surface area contributed by atoms with Crippen molar-refractivity contribution in [2.45, 2.75) is 87.5 Å². The number of aryl methyl sites for hydroxylation is 1. The van der Waals surface area contributed by atoms with Crippen molar-refractivity contribution in [3.05, 3.63) is 75.9 Å². The van der Waals surface area contributed by atoms with Crippen LogP contribution in [0.3, 0.4) is 0 Å². The molecule has 0 unspecified atom stereocenters. The van der Waals surface area contributed by atoms with Crippen molar-refractivity contribution in [3.63, 3.8) is 0 Å². The number of nitrogens with zero attached hydrogens (tertiary/aromatic N) is 4. The lowest BCUT2D eigenvalue weighted by atomic mass is 9.88. The fourth-order valence-electron chi connectivity index (χ4n) is 4.64. The van der Waals surface area contributed by atoms with Crippen LogP contribution in [0.15, 0.2) is 58.5 Å². The quantitative estimate of drug-likeness (QED) is 0.304. The second kappa shape index (κ2) is 19.6. The first-order chi connectivity index (χ1) is 20.1. The molecule has 0 aromatic heterocycles. The maximum atomic E-state index is 15.2. The molecule has 1 aromatic rings. The van der Waals surface area contributed by atoms with E-state index in [1.54, 1.807) is 17.3 Å². The SMILES string of the molecule is C=C1C(C#N)=CC(c2cc(C)c(/C=C(\C)C3CCN(CCF)CC3)c(F)c2)=NN1C=C(C)C.CC.CCC#CCCC. The first kappa shape index (κ1) is 36.5. The van der Waals surface area contributed by atoms with Gasteiger partial charge in [-0.2, -0.15) is 10.4 Å². The lowest BCUT2D eigenvalue weighted by molar-refractivity contribution is 0.185. The molecule has 0 spiro atoms. The Labute approximate surface area is 254 Å². The smallest absolute Gasteiger partial charge is 0.131 e. The number of likely N-dealkylation sites (tertiary alicyclic amines) is 1. The first-order valence-electron chi connectivity index (χ1n) is 15.2. The van der Waals surface area contributed by atoms with E-state index in [2.05, 4.69) is 55.3 Å². The predicted octanol–water partition coefficient (Wildman–Crippen LogP) is 9.35. The van der Waals surface area contributed by atoms with Gasteiger partial charge in [0.05, 0.1) is 17.0 Å². The Morgan fingerprint density at radius 3 is 2.33 bits per heavy atom. The third kappa shape index (κ3) is 11.4. The highest BCUT2D eigenvalue weighted by atomic mass is 19.1. The number of alkyl halides is 1. The zero-order valence-electron chi connectivity index (χ0n) is 27.1.